The van der Waals surface area contributed by atoms with Crippen LogP contribution < -0.4 is 0 Å². The van der Waals surface area contributed by atoms with Crippen LogP contribution in [0.2, 0.25) is 0 Å². The van der Waals surface area contributed by atoms with Gasteiger partial charge in [-0.25, -0.2) is 0 Å². The fraction of sp³-hybridized carbons (Fsp3) is 0.750. The normalized spacial score (nSPS) is 25.4. The van der Waals surface area contributed by atoms with E-state index in [2.05, 4.69) is 26.8 Å². The van der Waals surface area contributed by atoms with Crippen LogP contribution in [0.25, 0.3) is 0 Å². The summed E-state index contributed by atoms with van der Waals surface area (Å²) in [5.74, 6) is 0.208. The van der Waals surface area contributed by atoms with Crippen molar-refractivity contribution in [3.8, 4) is 0 Å². The third kappa shape index (κ3) is 2.60. The van der Waals surface area contributed by atoms with E-state index < -0.39 is 0 Å². The molecule has 80 valence electrons. The van der Waals surface area contributed by atoms with Crippen LogP contribution in [-0.2, 0) is 9.53 Å². The smallest absolute Gasteiger partial charge is 0.302 e. The molecule has 0 aromatic rings. The molecule has 1 unspecified atom stereocenters. The Morgan fingerprint density at radius 3 is 2.79 bits per heavy atom. The highest BCUT2D eigenvalue weighted by molar-refractivity contribution is 5.65. The summed E-state index contributed by atoms with van der Waals surface area (Å²) in [7, 11) is 0. The molecule has 0 N–H and O–H groups in total. The van der Waals surface area contributed by atoms with Gasteiger partial charge in [-0.1, -0.05) is 25.5 Å². The van der Waals surface area contributed by atoms with E-state index in [0.29, 0.717) is 12.5 Å². The van der Waals surface area contributed by atoms with Gasteiger partial charge in [0.05, 0.1) is 6.61 Å². The summed E-state index contributed by atoms with van der Waals surface area (Å²) in [4.78, 5) is 10.8. The Morgan fingerprint density at radius 1 is 1.64 bits per heavy atom. The minimum atomic E-state index is -0.181. The van der Waals surface area contributed by atoms with Crippen molar-refractivity contribution < 1.29 is 9.53 Å². The van der Waals surface area contributed by atoms with Gasteiger partial charge in [0.25, 0.3) is 0 Å². The second-order valence-electron chi connectivity index (χ2n) is 4.83. The van der Waals surface area contributed by atoms with Crippen LogP contribution >= 0.6 is 0 Å². The van der Waals surface area contributed by atoms with E-state index in [-0.39, 0.29) is 11.4 Å². The molecule has 0 heterocycles. The predicted octanol–water partition coefficient (Wildman–Crippen LogP) is 2.93. The first-order valence-electron chi connectivity index (χ1n) is 5.23. The SMILES string of the molecule is CC(=O)OCC1C(C)=CCCC1(C)C. The molecular formula is C12H20O2. The van der Waals surface area contributed by atoms with Crippen LogP contribution in [0, 0.1) is 11.3 Å². The number of hydrogen-bond acceptors (Lipinski definition) is 2. The van der Waals surface area contributed by atoms with Crippen LogP contribution in [0.3, 0.4) is 0 Å². The fourth-order valence-corrected chi connectivity index (χ4v) is 2.16. The molecule has 0 spiro atoms. The fourth-order valence-electron chi connectivity index (χ4n) is 2.16. The van der Waals surface area contributed by atoms with Crippen molar-refractivity contribution in [2.75, 3.05) is 6.61 Å². The van der Waals surface area contributed by atoms with Gasteiger partial charge in [-0.3, -0.25) is 4.79 Å². The molecule has 0 radical (unpaired) electrons. The minimum Gasteiger partial charge on any atom is -0.465 e. The Morgan fingerprint density at radius 2 is 2.29 bits per heavy atom. The maximum Gasteiger partial charge on any atom is 0.302 e. The Hall–Kier alpha value is -0.790. The highest BCUT2D eigenvalue weighted by atomic mass is 16.5. The number of allylic oxidation sites excluding steroid dienone is 1. The first-order valence-corrected chi connectivity index (χ1v) is 5.23. The molecular weight excluding hydrogens is 176 g/mol. The van der Waals surface area contributed by atoms with Crippen LogP contribution in [0.4, 0.5) is 0 Å². The van der Waals surface area contributed by atoms with E-state index in [1.54, 1.807) is 0 Å². The zero-order valence-corrected chi connectivity index (χ0v) is 9.59. The van der Waals surface area contributed by atoms with Gasteiger partial charge >= 0.3 is 5.97 Å². The third-order valence-corrected chi connectivity index (χ3v) is 3.20. The number of hydrogen-bond donors (Lipinski definition) is 0. The Balaban J connectivity index is 2.66. The first-order chi connectivity index (χ1) is 6.43. The van der Waals surface area contributed by atoms with E-state index in [9.17, 15) is 4.79 Å². The quantitative estimate of drug-likeness (QED) is 0.501. The molecule has 1 atom stereocenters. The van der Waals surface area contributed by atoms with Gasteiger partial charge in [0.15, 0.2) is 0 Å². The zero-order valence-electron chi connectivity index (χ0n) is 9.59. The highest BCUT2D eigenvalue weighted by Crippen LogP contribution is 2.40. The summed E-state index contributed by atoms with van der Waals surface area (Å²) in [6.07, 6.45) is 4.59. The average Bonchev–Trinajstić information content (AvgIpc) is 2.01. The second-order valence-corrected chi connectivity index (χ2v) is 4.83. The molecule has 2 heteroatoms. The average molecular weight is 196 g/mol. The summed E-state index contributed by atoms with van der Waals surface area (Å²) >= 11 is 0. The molecule has 0 amide bonds. The Labute approximate surface area is 86.3 Å². The molecule has 0 bridgehead atoms. The molecule has 2 nitrogen and oxygen atoms in total. The summed E-state index contributed by atoms with van der Waals surface area (Å²) in [5.41, 5.74) is 1.62. The summed E-state index contributed by atoms with van der Waals surface area (Å²) in [5, 5.41) is 0. The molecule has 0 fully saturated rings. The zero-order chi connectivity index (χ0) is 10.8. The van der Waals surface area contributed by atoms with Gasteiger partial charge in [-0.2, -0.15) is 0 Å². The van der Waals surface area contributed by atoms with Crippen LogP contribution in [-0.4, -0.2) is 12.6 Å². The van der Waals surface area contributed by atoms with E-state index in [4.69, 9.17) is 4.74 Å². The van der Waals surface area contributed by atoms with Crippen molar-refractivity contribution in [3.05, 3.63) is 11.6 Å². The molecule has 0 aromatic carbocycles. The third-order valence-electron chi connectivity index (χ3n) is 3.20. The Bertz CT molecular complexity index is 251. The van der Waals surface area contributed by atoms with E-state index >= 15 is 0 Å². The Kier molecular flexibility index (Phi) is 3.35. The van der Waals surface area contributed by atoms with Gasteiger partial charge in [-0.15, -0.1) is 0 Å². The van der Waals surface area contributed by atoms with Gasteiger partial charge in [0.2, 0.25) is 0 Å². The second kappa shape index (κ2) is 4.16. The molecule has 0 aromatic heterocycles. The van der Waals surface area contributed by atoms with Crippen LogP contribution in [0.5, 0.6) is 0 Å². The van der Waals surface area contributed by atoms with Gasteiger partial charge < -0.3 is 4.74 Å². The van der Waals surface area contributed by atoms with Crippen LogP contribution in [0.1, 0.15) is 40.5 Å². The van der Waals surface area contributed by atoms with Crippen molar-refractivity contribution in [2.45, 2.75) is 40.5 Å². The number of carbonyl (C=O) groups excluding carboxylic acids is 1. The van der Waals surface area contributed by atoms with Crippen molar-refractivity contribution in [2.24, 2.45) is 11.3 Å². The standard InChI is InChI=1S/C12H20O2/c1-9-6-5-7-12(3,4)11(9)8-14-10(2)13/h6,11H,5,7-8H2,1-4H3. The predicted molar refractivity (Wildman–Crippen MR) is 56.9 cm³/mol. The van der Waals surface area contributed by atoms with Crippen molar-refractivity contribution in [3.63, 3.8) is 0 Å². The molecule has 1 aliphatic carbocycles. The first kappa shape index (κ1) is 11.3. The molecule has 1 rings (SSSR count). The van der Waals surface area contributed by atoms with E-state index in [0.717, 1.165) is 6.42 Å². The van der Waals surface area contributed by atoms with Crippen molar-refractivity contribution in [1.82, 2.24) is 0 Å². The number of esters is 1. The lowest BCUT2D eigenvalue weighted by Crippen LogP contribution is -2.32. The largest absolute Gasteiger partial charge is 0.465 e. The van der Waals surface area contributed by atoms with Gasteiger partial charge in [0.1, 0.15) is 0 Å². The van der Waals surface area contributed by atoms with Crippen molar-refractivity contribution in [1.29, 1.82) is 0 Å². The topological polar surface area (TPSA) is 26.3 Å². The molecule has 1 aliphatic rings. The summed E-state index contributed by atoms with van der Waals surface area (Å²) in [6, 6.07) is 0. The maximum atomic E-state index is 10.8. The lowest BCUT2D eigenvalue weighted by atomic mass is 9.69. The molecule has 0 saturated carbocycles. The van der Waals surface area contributed by atoms with Crippen LogP contribution in [0.15, 0.2) is 11.6 Å². The molecule has 14 heavy (non-hydrogen) atoms. The number of carbonyl (C=O) groups is 1. The number of ether oxygens (including phenoxy) is 1. The monoisotopic (exact) mass is 196 g/mol. The molecule has 0 aliphatic heterocycles. The molecule has 0 saturated heterocycles. The minimum absolute atomic E-state index is 0.181. The lowest BCUT2D eigenvalue weighted by molar-refractivity contribution is -0.143. The summed E-state index contributed by atoms with van der Waals surface area (Å²) in [6.45, 7) is 8.63. The van der Waals surface area contributed by atoms with Gasteiger partial charge in [-0.05, 0) is 25.2 Å². The lowest BCUT2D eigenvalue weighted by Gasteiger charge is -2.37. The summed E-state index contributed by atoms with van der Waals surface area (Å²) < 4.78 is 5.11. The van der Waals surface area contributed by atoms with Gasteiger partial charge in [0, 0.05) is 12.8 Å². The highest BCUT2D eigenvalue weighted by Gasteiger charge is 2.33. The van der Waals surface area contributed by atoms with E-state index in [1.807, 2.05) is 0 Å². The van der Waals surface area contributed by atoms with Crippen molar-refractivity contribution >= 4 is 5.97 Å². The number of rotatable bonds is 2. The van der Waals surface area contributed by atoms with E-state index in [1.165, 1.54) is 18.9 Å². The maximum absolute atomic E-state index is 10.8.